The van der Waals surface area contributed by atoms with Crippen LogP contribution in [0.1, 0.15) is 24.4 Å². The van der Waals surface area contributed by atoms with Crippen LogP contribution in [0.5, 0.6) is 5.75 Å². The van der Waals surface area contributed by atoms with Gasteiger partial charge < -0.3 is 14.4 Å². The number of thiophene rings is 1. The van der Waals surface area contributed by atoms with E-state index in [0.717, 1.165) is 27.4 Å². The van der Waals surface area contributed by atoms with Gasteiger partial charge in [-0.15, -0.1) is 11.3 Å². The monoisotopic (exact) mass is 602 g/mol. The Hall–Kier alpha value is -4.55. The molecule has 1 amide bonds. The highest BCUT2D eigenvalue weighted by molar-refractivity contribution is 7.18. The van der Waals surface area contributed by atoms with Crippen molar-refractivity contribution < 1.29 is 23.0 Å². The van der Waals surface area contributed by atoms with Gasteiger partial charge in [0, 0.05) is 47.0 Å². The predicted molar refractivity (Wildman–Crippen MR) is 160 cm³/mol. The fourth-order valence-electron chi connectivity index (χ4n) is 5.44. The molecule has 1 aliphatic rings. The van der Waals surface area contributed by atoms with Gasteiger partial charge in [0.05, 0.1) is 48.0 Å². The van der Waals surface area contributed by atoms with Crippen molar-refractivity contribution in [1.29, 1.82) is 0 Å². The fourth-order valence-corrected chi connectivity index (χ4v) is 6.39. The lowest BCUT2D eigenvalue weighted by molar-refractivity contribution is -0.129. The van der Waals surface area contributed by atoms with Gasteiger partial charge in [-0.2, -0.15) is 15.3 Å². The van der Waals surface area contributed by atoms with Gasteiger partial charge in [0.25, 0.3) is 0 Å². The van der Waals surface area contributed by atoms with Gasteiger partial charge in [-0.05, 0) is 43.5 Å². The molecule has 0 radical (unpaired) electrons. The number of halogens is 2. The average Bonchev–Trinajstić information content (AvgIpc) is 3.65. The smallest absolute Gasteiger partial charge is 0.246 e. The summed E-state index contributed by atoms with van der Waals surface area (Å²) in [6.45, 7) is 8.64. The van der Waals surface area contributed by atoms with E-state index in [2.05, 4.69) is 16.8 Å². The first-order valence-corrected chi connectivity index (χ1v) is 14.5. The number of fused-ring (bicyclic) bond motifs is 2. The molecule has 43 heavy (non-hydrogen) atoms. The number of aromatic nitrogens is 5. The number of aryl methyl sites for hydroxylation is 1. The Morgan fingerprint density at radius 3 is 2.77 bits per heavy atom. The second-order valence-electron chi connectivity index (χ2n) is 10.1. The molecule has 12 heteroatoms. The van der Waals surface area contributed by atoms with Crippen molar-refractivity contribution in [1.82, 2.24) is 29.9 Å². The van der Waals surface area contributed by atoms with Gasteiger partial charge in [0.15, 0.2) is 0 Å². The third-order valence-electron chi connectivity index (χ3n) is 7.43. The summed E-state index contributed by atoms with van der Waals surface area (Å²) in [7, 11) is 1.52. The van der Waals surface area contributed by atoms with Gasteiger partial charge >= 0.3 is 0 Å². The van der Waals surface area contributed by atoms with Crippen LogP contribution in [0.25, 0.3) is 43.9 Å². The topological polar surface area (TPSA) is 95.3 Å². The maximum atomic E-state index is 15.9. The molecule has 1 aliphatic heterocycles. The van der Waals surface area contributed by atoms with E-state index in [1.807, 2.05) is 42.1 Å². The molecule has 0 bridgehead atoms. The van der Waals surface area contributed by atoms with E-state index in [4.69, 9.17) is 19.6 Å². The summed E-state index contributed by atoms with van der Waals surface area (Å²) in [6.07, 6.45) is 2.93. The van der Waals surface area contributed by atoms with E-state index in [1.165, 1.54) is 30.6 Å². The lowest BCUT2D eigenvalue weighted by atomic mass is 9.96. The van der Waals surface area contributed by atoms with E-state index in [0.29, 0.717) is 41.4 Å². The number of nitrogens with zero attached hydrogens (tertiary/aromatic N) is 6. The van der Waals surface area contributed by atoms with Crippen molar-refractivity contribution in [2.45, 2.75) is 26.4 Å². The molecule has 9 nitrogen and oxygen atoms in total. The van der Waals surface area contributed by atoms with Gasteiger partial charge in [-0.25, -0.2) is 13.8 Å². The van der Waals surface area contributed by atoms with Crippen molar-refractivity contribution in [2.75, 3.05) is 26.9 Å². The zero-order valence-corrected chi connectivity index (χ0v) is 24.6. The molecule has 5 aromatic rings. The molecule has 1 atom stereocenters. The summed E-state index contributed by atoms with van der Waals surface area (Å²) in [6, 6.07) is 7.39. The quantitative estimate of drug-likeness (QED) is 0.159. The first-order valence-electron chi connectivity index (χ1n) is 13.6. The van der Waals surface area contributed by atoms with E-state index in [1.54, 1.807) is 11.1 Å². The summed E-state index contributed by atoms with van der Waals surface area (Å²) in [5.41, 5.74) is 4.24. The Morgan fingerprint density at radius 2 is 2.00 bits per heavy atom. The van der Waals surface area contributed by atoms with Crippen molar-refractivity contribution >= 4 is 27.3 Å². The number of hydrogen-bond donors (Lipinski definition) is 0. The van der Waals surface area contributed by atoms with Gasteiger partial charge in [0.1, 0.15) is 35.4 Å². The number of hydrogen-bond acceptors (Lipinski definition) is 8. The molecule has 5 heterocycles. The molecule has 1 aromatic carbocycles. The lowest BCUT2D eigenvalue weighted by Crippen LogP contribution is -2.40. The SMILES string of the molecule is C=CC(=O)N1CCn2nc(-c3nc(-c4cnnc(C)c4)c4ccsc4c3-c3c(F)cc(F)cc3OCCOC)cc2C1C. The fraction of sp³-hybridized carbons (Fsp3) is 0.258. The molecular weight excluding hydrogens is 574 g/mol. The molecule has 0 spiro atoms. The van der Waals surface area contributed by atoms with Crippen LogP contribution in [0, 0.1) is 18.6 Å². The maximum absolute atomic E-state index is 15.9. The van der Waals surface area contributed by atoms with Crippen molar-refractivity contribution in [3.05, 3.63) is 77.6 Å². The Balaban J connectivity index is 1.64. The first kappa shape index (κ1) is 28.6. The van der Waals surface area contributed by atoms with E-state index >= 15 is 4.39 Å². The number of pyridine rings is 1. The maximum Gasteiger partial charge on any atom is 0.246 e. The lowest BCUT2D eigenvalue weighted by Gasteiger charge is -2.33. The van der Waals surface area contributed by atoms with E-state index < -0.39 is 11.6 Å². The minimum Gasteiger partial charge on any atom is -0.490 e. The van der Waals surface area contributed by atoms with E-state index in [-0.39, 0.29) is 36.5 Å². The number of ether oxygens (including phenoxy) is 2. The van der Waals surface area contributed by atoms with Gasteiger partial charge in [0.2, 0.25) is 5.91 Å². The Morgan fingerprint density at radius 1 is 1.16 bits per heavy atom. The van der Waals surface area contributed by atoms with Crippen LogP contribution < -0.4 is 4.74 Å². The molecule has 0 saturated carbocycles. The number of amides is 1. The molecular formula is C31H28F2N6O3S. The van der Waals surface area contributed by atoms with Crippen LogP contribution in [0.4, 0.5) is 8.78 Å². The van der Waals surface area contributed by atoms with Crippen LogP contribution in [-0.2, 0) is 16.1 Å². The Bertz CT molecular complexity index is 1870. The van der Waals surface area contributed by atoms with Crippen LogP contribution in [-0.4, -0.2) is 62.6 Å². The first-order chi connectivity index (χ1) is 20.8. The van der Waals surface area contributed by atoms with Crippen LogP contribution >= 0.6 is 11.3 Å². The highest BCUT2D eigenvalue weighted by atomic mass is 32.1. The van der Waals surface area contributed by atoms with E-state index in [9.17, 15) is 9.18 Å². The molecule has 6 rings (SSSR count). The number of carbonyl (C=O) groups is 1. The highest BCUT2D eigenvalue weighted by Gasteiger charge is 2.31. The zero-order chi connectivity index (χ0) is 30.2. The number of carbonyl (C=O) groups excluding carboxylic acids is 1. The normalized spacial score (nSPS) is 14.6. The van der Waals surface area contributed by atoms with Crippen LogP contribution in [0.15, 0.2) is 54.6 Å². The van der Waals surface area contributed by atoms with Crippen molar-refractivity contribution in [2.24, 2.45) is 0 Å². The second-order valence-corrected chi connectivity index (χ2v) is 11.0. The molecule has 0 fully saturated rings. The molecule has 0 saturated heterocycles. The van der Waals surface area contributed by atoms with Crippen LogP contribution in [0.2, 0.25) is 0 Å². The molecule has 4 aromatic heterocycles. The number of methoxy groups -OCH3 is 1. The average molecular weight is 603 g/mol. The summed E-state index contributed by atoms with van der Waals surface area (Å²) >= 11 is 1.41. The van der Waals surface area contributed by atoms with Crippen LogP contribution in [0.3, 0.4) is 0 Å². The van der Waals surface area contributed by atoms with Gasteiger partial charge in [-0.3, -0.25) is 9.48 Å². The Kier molecular flexibility index (Phi) is 7.72. The summed E-state index contributed by atoms with van der Waals surface area (Å²) in [5, 5.41) is 15.8. The predicted octanol–water partition coefficient (Wildman–Crippen LogP) is 5.98. The number of benzene rings is 1. The summed E-state index contributed by atoms with van der Waals surface area (Å²) in [5.74, 6) is -1.70. The third kappa shape index (κ3) is 5.17. The highest BCUT2D eigenvalue weighted by Crippen LogP contribution is 2.47. The molecule has 220 valence electrons. The second kappa shape index (κ2) is 11.6. The Labute approximate surface area is 250 Å². The largest absolute Gasteiger partial charge is 0.490 e. The standard InChI is InChI=1S/C31H28F2N6O3S/c1-5-26(40)38-7-8-39-24(18(38)3)15-23(37-39)30-28(27-22(33)13-20(32)14-25(27)42-10-9-41-4)31-21(6-11-43-31)29(35-30)19-12-17(2)36-34-16-19/h5-6,11-16,18H,1,7-10H2,2-4H3. The van der Waals surface area contributed by atoms with Crippen molar-refractivity contribution in [3.8, 4) is 39.5 Å². The van der Waals surface area contributed by atoms with Gasteiger partial charge in [-0.1, -0.05) is 6.58 Å². The minimum absolute atomic E-state index is 0.0292. The van der Waals surface area contributed by atoms with Crippen molar-refractivity contribution in [3.63, 3.8) is 0 Å². The molecule has 0 aliphatic carbocycles. The minimum atomic E-state index is -0.792. The summed E-state index contributed by atoms with van der Waals surface area (Å²) < 4.78 is 44.0. The molecule has 0 N–H and O–H groups in total. The number of rotatable bonds is 8. The summed E-state index contributed by atoms with van der Waals surface area (Å²) in [4.78, 5) is 19.3. The molecule has 1 unspecified atom stereocenters. The zero-order valence-electron chi connectivity index (χ0n) is 23.8. The third-order valence-corrected chi connectivity index (χ3v) is 8.36.